The lowest BCUT2D eigenvalue weighted by molar-refractivity contribution is 0.668. The van der Waals surface area contributed by atoms with Crippen LogP contribution in [0.3, 0.4) is 0 Å². The summed E-state index contributed by atoms with van der Waals surface area (Å²) in [5, 5.41) is 4.00. The predicted octanol–water partition coefficient (Wildman–Crippen LogP) is 11.7. The Balaban J connectivity index is 1.13. The third-order valence-electron chi connectivity index (χ3n) is 9.87. The van der Waals surface area contributed by atoms with Crippen molar-refractivity contribution in [3.05, 3.63) is 164 Å². The Labute approximate surface area is 302 Å². The molecule has 248 valence electrons. The van der Waals surface area contributed by atoms with Crippen molar-refractivity contribution in [3.8, 4) is 51.2 Å². The number of benzene rings is 7. The first-order chi connectivity index (χ1) is 26.2. The molecule has 0 N–H and O–H groups in total. The van der Waals surface area contributed by atoms with Gasteiger partial charge in [0.2, 0.25) is 0 Å². The molecular formula is C46H27N5O2. The standard InChI is InChI=1S/C46H27N5O2/c1-3-12-28(13-4-1)43-48-44(29-22-24-33-32-16-7-10-20-38(32)53-41(33)27-29)50-45(49-43)34-17-11-21-40-42(34)35-26-30(23-25-39(35)52-40)46-47-36-18-8-9-19-37(36)51(46)31-14-5-2-6-15-31/h1-27H. The van der Waals surface area contributed by atoms with Crippen molar-refractivity contribution in [3.63, 3.8) is 0 Å². The Morgan fingerprint density at radius 3 is 1.94 bits per heavy atom. The molecule has 0 saturated heterocycles. The molecule has 0 bridgehead atoms. The Bertz CT molecular complexity index is 3180. The Morgan fingerprint density at radius 2 is 1.06 bits per heavy atom. The van der Waals surface area contributed by atoms with Crippen molar-refractivity contribution in [2.45, 2.75) is 0 Å². The van der Waals surface area contributed by atoms with Gasteiger partial charge in [0, 0.05) is 49.5 Å². The van der Waals surface area contributed by atoms with Crippen molar-refractivity contribution in [2.24, 2.45) is 0 Å². The van der Waals surface area contributed by atoms with Gasteiger partial charge >= 0.3 is 0 Å². The molecule has 0 aliphatic carbocycles. The van der Waals surface area contributed by atoms with Crippen LogP contribution in [0.1, 0.15) is 0 Å². The van der Waals surface area contributed by atoms with Gasteiger partial charge in [-0.15, -0.1) is 0 Å². The SMILES string of the molecule is c1ccc(-c2nc(-c3ccc4c(c3)oc3ccccc34)nc(-c3cccc4oc5ccc(-c6nc7ccccc7n6-c6ccccc6)cc5c34)n2)cc1. The maximum atomic E-state index is 6.48. The van der Waals surface area contributed by atoms with Crippen LogP contribution < -0.4 is 0 Å². The van der Waals surface area contributed by atoms with Crippen LogP contribution in [0.15, 0.2) is 173 Å². The molecule has 0 unspecified atom stereocenters. The summed E-state index contributed by atoms with van der Waals surface area (Å²) < 4.78 is 14.9. The summed E-state index contributed by atoms with van der Waals surface area (Å²) in [4.78, 5) is 20.4. The molecule has 4 heterocycles. The van der Waals surface area contributed by atoms with Crippen LogP contribution in [0, 0.1) is 0 Å². The van der Waals surface area contributed by atoms with Crippen LogP contribution in [0.4, 0.5) is 0 Å². The summed E-state index contributed by atoms with van der Waals surface area (Å²) in [6.07, 6.45) is 0. The fraction of sp³-hybridized carbons (Fsp3) is 0. The minimum atomic E-state index is 0.550. The molecule has 7 nitrogen and oxygen atoms in total. The van der Waals surface area contributed by atoms with Crippen LogP contribution in [-0.2, 0) is 0 Å². The van der Waals surface area contributed by atoms with E-state index in [0.29, 0.717) is 17.5 Å². The highest BCUT2D eigenvalue weighted by atomic mass is 16.3. The second-order valence-corrected chi connectivity index (χ2v) is 13.1. The van der Waals surface area contributed by atoms with Gasteiger partial charge in [0.25, 0.3) is 0 Å². The Kier molecular flexibility index (Phi) is 6.42. The average molecular weight is 682 g/mol. The molecule has 0 radical (unpaired) electrons. The van der Waals surface area contributed by atoms with Gasteiger partial charge in [-0.2, -0.15) is 0 Å². The van der Waals surface area contributed by atoms with E-state index in [2.05, 4.69) is 65.2 Å². The van der Waals surface area contributed by atoms with E-state index in [4.69, 9.17) is 28.8 Å². The summed E-state index contributed by atoms with van der Waals surface area (Å²) in [5.41, 5.74) is 9.70. The maximum absolute atomic E-state index is 6.48. The van der Waals surface area contributed by atoms with E-state index in [1.54, 1.807) is 0 Å². The number of hydrogen-bond donors (Lipinski definition) is 0. The number of rotatable bonds is 5. The van der Waals surface area contributed by atoms with Gasteiger partial charge < -0.3 is 8.83 Å². The van der Waals surface area contributed by atoms with E-state index in [1.807, 2.05) is 103 Å². The van der Waals surface area contributed by atoms with E-state index < -0.39 is 0 Å². The number of fused-ring (bicyclic) bond motifs is 7. The highest BCUT2D eigenvalue weighted by Gasteiger charge is 2.21. The summed E-state index contributed by atoms with van der Waals surface area (Å²) in [7, 11) is 0. The molecular weight excluding hydrogens is 655 g/mol. The summed E-state index contributed by atoms with van der Waals surface area (Å²) >= 11 is 0. The molecule has 0 saturated carbocycles. The van der Waals surface area contributed by atoms with Gasteiger partial charge in [0.05, 0.1) is 11.0 Å². The zero-order valence-corrected chi connectivity index (χ0v) is 28.1. The molecule has 7 aromatic carbocycles. The van der Waals surface area contributed by atoms with Gasteiger partial charge in [-0.25, -0.2) is 19.9 Å². The van der Waals surface area contributed by atoms with Crippen molar-refractivity contribution in [2.75, 3.05) is 0 Å². The van der Waals surface area contributed by atoms with Crippen molar-refractivity contribution in [1.29, 1.82) is 0 Å². The Morgan fingerprint density at radius 1 is 0.396 bits per heavy atom. The molecule has 0 spiro atoms. The van der Waals surface area contributed by atoms with Crippen molar-refractivity contribution in [1.82, 2.24) is 24.5 Å². The molecule has 0 aliphatic heterocycles. The van der Waals surface area contributed by atoms with Crippen molar-refractivity contribution >= 4 is 54.9 Å². The minimum absolute atomic E-state index is 0.550. The first kappa shape index (κ1) is 29.4. The Hall–Kier alpha value is -7.38. The number of para-hydroxylation sites is 4. The van der Waals surface area contributed by atoms with Crippen LogP contribution in [0.5, 0.6) is 0 Å². The normalized spacial score (nSPS) is 11.8. The molecule has 53 heavy (non-hydrogen) atoms. The van der Waals surface area contributed by atoms with E-state index in [1.165, 1.54) is 0 Å². The van der Waals surface area contributed by atoms with Gasteiger partial charge in [-0.1, -0.05) is 97.1 Å². The molecule has 4 aromatic heterocycles. The molecule has 0 fully saturated rings. The largest absolute Gasteiger partial charge is 0.456 e. The zero-order valence-electron chi connectivity index (χ0n) is 28.1. The quantitative estimate of drug-likeness (QED) is 0.180. The predicted molar refractivity (Wildman–Crippen MR) is 211 cm³/mol. The molecule has 0 atom stereocenters. The van der Waals surface area contributed by atoms with Crippen molar-refractivity contribution < 1.29 is 8.83 Å². The number of furan rings is 2. The number of nitrogens with zero attached hydrogens (tertiary/aromatic N) is 5. The van der Waals surface area contributed by atoms with Gasteiger partial charge in [-0.3, -0.25) is 4.57 Å². The maximum Gasteiger partial charge on any atom is 0.164 e. The molecule has 11 rings (SSSR count). The van der Waals surface area contributed by atoms with Crippen LogP contribution in [0.25, 0.3) is 106 Å². The first-order valence-electron chi connectivity index (χ1n) is 17.5. The summed E-state index contributed by atoms with van der Waals surface area (Å²) in [6.45, 7) is 0. The summed E-state index contributed by atoms with van der Waals surface area (Å²) in [5.74, 6) is 2.53. The highest BCUT2D eigenvalue weighted by molar-refractivity contribution is 6.13. The number of aromatic nitrogens is 5. The third-order valence-corrected chi connectivity index (χ3v) is 9.87. The van der Waals surface area contributed by atoms with Gasteiger partial charge in [0.15, 0.2) is 17.5 Å². The molecule has 7 heteroatoms. The zero-order chi connectivity index (χ0) is 34.9. The van der Waals surface area contributed by atoms with Crippen LogP contribution >= 0.6 is 0 Å². The lowest BCUT2D eigenvalue weighted by Gasteiger charge is -2.10. The number of hydrogen-bond acceptors (Lipinski definition) is 6. The van der Waals surface area contributed by atoms with Gasteiger partial charge in [-0.05, 0) is 66.7 Å². The van der Waals surface area contributed by atoms with E-state index >= 15 is 0 Å². The smallest absolute Gasteiger partial charge is 0.164 e. The molecule has 0 aliphatic rings. The monoisotopic (exact) mass is 681 g/mol. The van der Waals surface area contributed by atoms with Gasteiger partial charge in [0.1, 0.15) is 28.2 Å². The fourth-order valence-corrected chi connectivity index (χ4v) is 7.42. The van der Waals surface area contributed by atoms with E-state index in [9.17, 15) is 0 Å². The lowest BCUT2D eigenvalue weighted by Crippen LogP contribution is -2.00. The van der Waals surface area contributed by atoms with E-state index in [0.717, 1.165) is 88.7 Å². The fourth-order valence-electron chi connectivity index (χ4n) is 7.42. The van der Waals surface area contributed by atoms with E-state index in [-0.39, 0.29) is 0 Å². The minimum Gasteiger partial charge on any atom is -0.456 e. The topological polar surface area (TPSA) is 82.8 Å². The van der Waals surface area contributed by atoms with Crippen LogP contribution in [0.2, 0.25) is 0 Å². The third kappa shape index (κ3) is 4.75. The highest BCUT2D eigenvalue weighted by Crippen LogP contribution is 2.40. The summed E-state index contributed by atoms with van der Waals surface area (Å²) in [6, 6.07) is 55.1. The lowest BCUT2D eigenvalue weighted by atomic mass is 10.0. The second-order valence-electron chi connectivity index (χ2n) is 13.1. The van der Waals surface area contributed by atoms with Crippen LogP contribution in [-0.4, -0.2) is 24.5 Å². The molecule has 0 amide bonds. The molecule has 11 aromatic rings. The first-order valence-corrected chi connectivity index (χ1v) is 17.5. The second kappa shape index (κ2) is 11.6. The average Bonchev–Trinajstić information content (AvgIpc) is 3.92. The number of imidazole rings is 1.